The number of thiazole rings is 1. The van der Waals surface area contributed by atoms with E-state index >= 15 is 0 Å². The number of nitrogens with zero attached hydrogens (tertiary/aromatic N) is 1. The molecule has 0 saturated carbocycles. The molecule has 0 aliphatic heterocycles. The first-order valence-electron chi connectivity index (χ1n) is 6.02. The lowest BCUT2D eigenvalue weighted by Crippen LogP contribution is -2.04. The highest BCUT2D eigenvalue weighted by molar-refractivity contribution is 7.09. The maximum Gasteiger partial charge on any atom is 0.107 e. The molecule has 1 aromatic rings. The fourth-order valence-corrected chi connectivity index (χ4v) is 2.25. The van der Waals surface area contributed by atoms with Crippen LogP contribution in [0.25, 0.3) is 0 Å². The zero-order valence-electron chi connectivity index (χ0n) is 10.3. The predicted octanol–water partition coefficient (Wildman–Crippen LogP) is 2.96. The van der Waals surface area contributed by atoms with E-state index in [-0.39, 0.29) is 0 Å². The van der Waals surface area contributed by atoms with Gasteiger partial charge in [0.25, 0.3) is 0 Å². The van der Waals surface area contributed by atoms with Gasteiger partial charge in [-0.15, -0.1) is 11.3 Å². The Morgan fingerprint density at radius 2 is 2.25 bits per heavy atom. The first-order chi connectivity index (χ1) is 7.86. The normalized spacial score (nSPS) is 10.9. The van der Waals surface area contributed by atoms with Gasteiger partial charge >= 0.3 is 0 Å². The molecule has 1 N–H and O–H groups in total. The maximum atomic E-state index is 5.58. The van der Waals surface area contributed by atoms with Crippen molar-refractivity contribution >= 4 is 11.3 Å². The summed E-state index contributed by atoms with van der Waals surface area (Å²) in [7, 11) is 1.94. The molecule has 1 heterocycles. The number of ether oxygens (including phenoxy) is 1. The minimum absolute atomic E-state index is 0.659. The number of rotatable bonds is 9. The van der Waals surface area contributed by atoms with Crippen LogP contribution in [0.4, 0.5) is 0 Å². The van der Waals surface area contributed by atoms with Crippen LogP contribution in [-0.2, 0) is 17.9 Å². The minimum atomic E-state index is 0.659. The van der Waals surface area contributed by atoms with Crippen molar-refractivity contribution in [3.8, 4) is 0 Å². The standard InChI is InChI=1S/C12H22N2OS/c1-3-4-5-6-7-15-9-11-10-16-12(14-11)8-13-2/h10,13H,3-9H2,1-2H3. The van der Waals surface area contributed by atoms with Gasteiger partial charge in [0.05, 0.1) is 12.3 Å². The Kier molecular flexibility index (Phi) is 7.38. The second kappa shape index (κ2) is 8.67. The van der Waals surface area contributed by atoms with Crippen molar-refractivity contribution < 1.29 is 4.74 Å². The molecule has 16 heavy (non-hydrogen) atoms. The molecule has 0 amide bonds. The van der Waals surface area contributed by atoms with Crippen molar-refractivity contribution in [3.05, 3.63) is 16.1 Å². The minimum Gasteiger partial charge on any atom is -0.375 e. The van der Waals surface area contributed by atoms with Crippen LogP contribution in [0.5, 0.6) is 0 Å². The van der Waals surface area contributed by atoms with Gasteiger partial charge in [0.1, 0.15) is 5.01 Å². The Bertz CT molecular complexity index is 276. The summed E-state index contributed by atoms with van der Waals surface area (Å²) in [5, 5.41) is 6.31. The molecule has 1 aromatic heterocycles. The van der Waals surface area contributed by atoms with Gasteiger partial charge in [-0.1, -0.05) is 26.2 Å². The highest BCUT2D eigenvalue weighted by Gasteiger charge is 2.00. The third-order valence-electron chi connectivity index (χ3n) is 2.32. The van der Waals surface area contributed by atoms with E-state index in [1.807, 2.05) is 7.05 Å². The summed E-state index contributed by atoms with van der Waals surface area (Å²) in [4.78, 5) is 4.46. The topological polar surface area (TPSA) is 34.1 Å². The predicted molar refractivity (Wildman–Crippen MR) is 68.7 cm³/mol. The molecule has 0 aliphatic carbocycles. The number of hydrogen-bond acceptors (Lipinski definition) is 4. The van der Waals surface area contributed by atoms with E-state index in [0.29, 0.717) is 6.61 Å². The molecule has 4 heteroatoms. The van der Waals surface area contributed by atoms with E-state index < -0.39 is 0 Å². The van der Waals surface area contributed by atoms with Crippen molar-refractivity contribution in [1.82, 2.24) is 10.3 Å². The molecular weight excluding hydrogens is 220 g/mol. The SMILES string of the molecule is CCCCCCOCc1csc(CNC)n1. The molecule has 0 radical (unpaired) electrons. The Hall–Kier alpha value is -0.450. The van der Waals surface area contributed by atoms with Crippen LogP contribution in [0.3, 0.4) is 0 Å². The molecule has 0 aromatic carbocycles. The summed E-state index contributed by atoms with van der Waals surface area (Å²) >= 11 is 1.69. The molecular formula is C12H22N2OS. The van der Waals surface area contributed by atoms with Crippen LogP contribution in [0.15, 0.2) is 5.38 Å². The number of unbranched alkanes of at least 4 members (excludes halogenated alkanes) is 3. The van der Waals surface area contributed by atoms with Gasteiger partial charge < -0.3 is 10.1 Å². The van der Waals surface area contributed by atoms with Gasteiger partial charge in [0.2, 0.25) is 0 Å². The molecule has 0 spiro atoms. The first-order valence-corrected chi connectivity index (χ1v) is 6.90. The zero-order chi connectivity index (χ0) is 11.6. The lowest BCUT2D eigenvalue weighted by atomic mass is 10.2. The van der Waals surface area contributed by atoms with E-state index in [1.54, 1.807) is 11.3 Å². The van der Waals surface area contributed by atoms with Gasteiger partial charge in [-0.2, -0.15) is 0 Å². The van der Waals surface area contributed by atoms with Crippen LogP contribution in [0.1, 0.15) is 43.3 Å². The summed E-state index contributed by atoms with van der Waals surface area (Å²) in [6.07, 6.45) is 5.03. The quantitative estimate of drug-likeness (QED) is 0.676. The Labute approximate surface area is 102 Å². The van der Waals surface area contributed by atoms with Crippen LogP contribution in [0, 0.1) is 0 Å². The van der Waals surface area contributed by atoms with Gasteiger partial charge in [-0.25, -0.2) is 4.98 Å². The Balaban J connectivity index is 2.07. The molecule has 0 atom stereocenters. The largest absolute Gasteiger partial charge is 0.375 e. The van der Waals surface area contributed by atoms with Crippen molar-refractivity contribution in [1.29, 1.82) is 0 Å². The second-order valence-electron chi connectivity index (χ2n) is 3.88. The zero-order valence-corrected chi connectivity index (χ0v) is 11.1. The van der Waals surface area contributed by atoms with Crippen molar-refractivity contribution in [3.63, 3.8) is 0 Å². The summed E-state index contributed by atoms with van der Waals surface area (Å²) in [6, 6.07) is 0. The summed E-state index contributed by atoms with van der Waals surface area (Å²) in [5.41, 5.74) is 1.06. The first kappa shape index (κ1) is 13.6. The van der Waals surface area contributed by atoms with Gasteiger partial charge in [-0.3, -0.25) is 0 Å². The lowest BCUT2D eigenvalue weighted by Gasteiger charge is -2.01. The van der Waals surface area contributed by atoms with E-state index in [2.05, 4.69) is 22.6 Å². The molecule has 0 fully saturated rings. The van der Waals surface area contributed by atoms with E-state index in [1.165, 1.54) is 25.7 Å². The monoisotopic (exact) mass is 242 g/mol. The summed E-state index contributed by atoms with van der Waals surface area (Å²) in [5.74, 6) is 0. The van der Waals surface area contributed by atoms with Gasteiger partial charge in [0.15, 0.2) is 0 Å². The number of hydrogen-bond donors (Lipinski definition) is 1. The molecule has 0 unspecified atom stereocenters. The highest BCUT2D eigenvalue weighted by atomic mass is 32.1. The van der Waals surface area contributed by atoms with Gasteiger partial charge in [0, 0.05) is 18.5 Å². The fraction of sp³-hybridized carbons (Fsp3) is 0.750. The summed E-state index contributed by atoms with van der Waals surface area (Å²) < 4.78 is 5.58. The van der Waals surface area contributed by atoms with Gasteiger partial charge in [-0.05, 0) is 13.5 Å². The molecule has 0 saturated heterocycles. The van der Waals surface area contributed by atoms with Crippen LogP contribution in [-0.4, -0.2) is 18.6 Å². The average Bonchev–Trinajstić information content (AvgIpc) is 2.72. The fourth-order valence-electron chi connectivity index (χ4n) is 1.46. The Morgan fingerprint density at radius 3 is 3.00 bits per heavy atom. The third kappa shape index (κ3) is 5.58. The smallest absolute Gasteiger partial charge is 0.107 e. The van der Waals surface area contributed by atoms with E-state index in [9.17, 15) is 0 Å². The van der Waals surface area contributed by atoms with Crippen LogP contribution >= 0.6 is 11.3 Å². The van der Waals surface area contributed by atoms with Crippen molar-refractivity contribution in [2.24, 2.45) is 0 Å². The van der Waals surface area contributed by atoms with Crippen LogP contribution < -0.4 is 5.32 Å². The molecule has 1 rings (SSSR count). The third-order valence-corrected chi connectivity index (χ3v) is 3.22. The second-order valence-corrected chi connectivity index (χ2v) is 4.82. The summed E-state index contributed by atoms with van der Waals surface area (Å²) in [6.45, 7) is 4.59. The molecule has 0 aliphatic rings. The highest BCUT2D eigenvalue weighted by Crippen LogP contribution is 2.10. The molecule has 92 valence electrons. The van der Waals surface area contributed by atoms with Crippen molar-refractivity contribution in [2.75, 3.05) is 13.7 Å². The Morgan fingerprint density at radius 1 is 1.38 bits per heavy atom. The molecule has 0 bridgehead atoms. The average molecular weight is 242 g/mol. The molecule has 3 nitrogen and oxygen atoms in total. The number of nitrogens with one attached hydrogen (secondary N) is 1. The van der Waals surface area contributed by atoms with Crippen LogP contribution in [0.2, 0.25) is 0 Å². The number of aromatic nitrogens is 1. The van der Waals surface area contributed by atoms with E-state index in [0.717, 1.165) is 23.9 Å². The maximum absolute atomic E-state index is 5.58. The van der Waals surface area contributed by atoms with Crippen molar-refractivity contribution in [2.45, 2.75) is 45.8 Å². The lowest BCUT2D eigenvalue weighted by molar-refractivity contribution is 0.114. The van der Waals surface area contributed by atoms with E-state index in [4.69, 9.17) is 4.74 Å².